The summed E-state index contributed by atoms with van der Waals surface area (Å²) in [7, 11) is 0. The second-order valence-corrected chi connectivity index (χ2v) is 4.80. The lowest BCUT2D eigenvalue weighted by molar-refractivity contribution is -0.139. The average molecular weight is 303 g/mol. The Kier molecular flexibility index (Phi) is 5.24. The molecular formula is C15H17N3O4. The molecule has 0 aliphatic heterocycles. The predicted molar refractivity (Wildman–Crippen MR) is 78.1 cm³/mol. The van der Waals surface area contributed by atoms with Gasteiger partial charge in [0.15, 0.2) is 0 Å². The number of rotatable bonds is 7. The molecule has 0 saturated carbocycles. The number of carboxylic acids is 1. The molecule has 2 aromatic rings. The maximum atomic E-state index is 12.0. The first-order valence-corrected chi connectivity index (χ1v) is 7.03. The van der Waals surface area contributed by atoms with Gasteiger partial charge in [-0.25, -0.2) is 4.79 Å². The topological polar surface area (TPSA) is 105 Å². The third-order valence-electron chi connectivity index (χ3n) is 3.11. The minimum atomic E-state index is -1.06. The van der Waals surface area contributed by atoms with E-state index >= 15 is 0 Å². The molecule has 0 saturated heterocycles. The Morgan fingerprint density at radius 1 is 1.36 bits per heavy atom. The van der Waals surface area contributed by atoms with Crippen molar-refractivity contribution >= 4 is 11.9 Å². The van der Waals surface area contributed by atoms with Crippen LogP contribution < -0.4 is 5.32 Å². The summed E-state index contributed by atoms with van der Waals surface area (Å²) >= 11 is 0. The molecule has 116 valence electrons. The number of carbonyl (C=O) groups excluding carboxylic acids is 1. The maximum absolute atomic E-state index is 12.0. The summed E-state index contributed by atoms with van der Waals surface area (Å²) in [5.74, 6) is -1.70. The Bertz CT molecular complexity index is 639. The molecule has 2 aromatic heterocycles. The largest absolute Gasteiger partial charge is 0.480 e. The highest BCUT2D eigenvalue weighted by molar-refractivity contribution is 5.94. The zero-order chi connectivity index (χ0) is 15.9. The summed E-state index contributed by atoms with van der Waals surface area (Å²) in [5.41, 5.74) is 0.997. The Balaban J connectivity index is 2.06. The number of unbranched alkanes of at least 4 members (excludes halogenated alkanes) is 1. The first kappa shape index (κ1) is 15.7. The predicted octanol–water partition coefficient (Wildman–Crippen LogP) is 2.11. The van der Waals surface area contributed by atoms with Gasteiger partial charge >= 0.3 is 5.97 Å². The van der Waals surface area contributed by atoms with E-state index in [0.717, 1.165) is 6.42 Å². The Labute approximate surface area is 127 Å². The van der Waals surface area contributed by atoms with Gasteiger partial charge in [-0.2, -0.15) is 0 Å². The molecule has 7 heteroatoms. The summed E-state index contributed by atoms with van der Waals surface area (Å²) in [6.45, 7) is 1.95. The Morgan fingerprint density at radius 3 is 2.82 bits per heavy atom. The van der Waals surface area contributed by atoms with Crippen LogP contribution in [-0.2, 0) is 4.79 Å². The van der Waals surface area contributed by atoms with E-state index in [2.05, 4.69) is 15.5 Å². The molecule has 1 amide bonds. The van der Waals surface area contributed by atoms with Crippen LogP contribution in [0.15, 0.2) is 35.0 Å². The van der Waals surface area contributed by atoms with E-state index in [9.17, 15) is 9.59 Å². The van der Waals surface area contributed by atoms with E-state index in [1.165, 1.54) is 6.07 Å². The highest BCUT2D eigenvalue weighted by atomic mass is 16.5. The van der Waals surface area contributed by atoms with Crippen LogP contribution in [0.1, 0.15) is 36.7 Å². The smallest absolute Gasteiger partial charge is 0.326 e. The van der Waals surface area contributed by atoms with Gasteiger partial charge in [0.05, 0.1) is 5.69 Å². The van der Waals surface area contributed by atoms with Crippen molar-refractivity contribution in [3.05, 3.63) is 36.2 Å². The van der Waals surface area contributed by atoms with Crippen LogP contribution in [0.3, 0.4) is 0 Å². The minimum Gasteiger partial charge on any atom is -0.480 e. The zero-order valence-electron chi connectivity index (χ0n) is 12.2. The first-order valence-electron chi connectivity index (χ1n) is 7.03. The van der Waals surface area contributed by atoms with Crippen LogP contribution in [0.25, 0.3) is 11.4 Å². The van der Waals surface area contributed by atoms with Crippen molar-refractivity contribution < 1.29 is 19.2 Å². The van der Waals surface area contributed by atoms with Gasteiger partial charge in [-0.15, -0.1) is 0 Å². The fourth-order valence-electron chi connectivity index (χ4n) is 1.91. The van der Waals surface area contributed by atoms with Gasteiger partial charge in [-0.1, -0.05) is 31.0 Å². The number of aliphatic carboxylic acids is 1. The van der Waals surface area contributed by atoms with Gasteiger partial charge in [0.1, 0.15) is 11.7 Å². The SMILES string of the molecule is CCCC[C@H](NC(=O)c1cc(-c2ccccn2)no1)C(=O)O. The monoisotopic (exact) mass is 303 g/mol. The van der Waals surface area contributed by atoms with Gasteiger partial charge < -0.3 is 14.9 Å². The van der Waals surface area contributed by atoms with Crippen molar-refractivity contribution in [3.63, 3.8) is 0 Å². The summed E-state index contributed by atoms with van der Waals surface area (Å²) in [6.07, 6.45) is 3.55. The molecule has 0 radical (unpaired) electrons. The molecule has 2 N–H and O–H groups in total. The number of carbonyl (C=O) groups is 2. The highest BCUT2D eigenvalue weighted by Crippen LogP contribution is 2.16. The van der Waals surface area contributed by atoms with Crippen molar-refractivity contribution in [2.75, 3.05) is 0 Å². The number of carboxylic acid groups (broad SMARTS) is 1. The zero-order valence-corrected chi connectivity index (χ0v) is 12.2. The summed E-state index contributed by atoms with van der Waals surface area (Å²) < 4.78 is 4.97. The number of nitrogens with zero attached hydrogens (tertiary/aromatic N) is 2. The van der Waals surface area contributed by atoms with E-state index in [-0.39, 0.29) is 5.76 Å². The number of pyridine rings is 1. The van der Waals surface area contributed by atoms with Crippen molar-refractivity contribution in [3.8, 4) is 11.4 Å². The Morgan fingerprint density at radius 2 is 2.18 bits per heavy atom. The standard InChI is InChI=1S/C15H17N3O4/c1-2-3-6-11(15(20)21)17-14(19)13-9-12(18-22-13)10-7-4-5-8-16-10/h4-5,7-9,11H,2-3,6H2,1H3,(H,17,19)(H,20,21)/t11-/m0/s1. The summed E-state index contributed by atoms with van der Waals surface area (Å²) in [6, 6.07) is 5.80. The lowest BCUT2D eigenvalue weighted by atomic mass is 10.1. The average Bonchev–Trinajstić information content (AvgIpc) is 3.02. The minimum absolute atomic E-state index is 0.0385. The van der Waals surface area contributed by atoms with Gasteiger partial charge in [-0.3, -0.25) is 9.78 Å². The molecule has 7 nitrogen and oxygen atoms in total. The molecule has 0 unspecified atom stereocenters. The number of hydrogen-bond acceptors (Lipinski definition) is 5. The van der Waals surface area contributed by atoms with Gasteiger partial charge in [0.2, 0.25) is 5.76 Å². The van der Waals surface area contributed by atoms with Crippen LogP contribution in [0.2, 0.25) is 0 Å². The molecule has 0 fully saturated rings. The summed E-state index contributed by atoms with van der Waals surface area (Å²) in [4.78, 5) is 27.3. The van der Waals surface area contributed by atoms with Gasteiger partial charge in [0.25, 0.3) is 5.91 Å². The molecule has 0 aromatic carbocycles. The highest BCUT2D eigenvalue weighted by Gasteiger charge is 2.22. The fourth-order valence-corrected chi connectivity index (χ4v) is 1.91. The molecule has 0 aliphatic carbocycles. The van der Waals surface area contributed by atoms with Gasteiger partial charge in [-0.05, 0) is 18.6 Å². The third kappa shape index (κ3) is 3.91. The van der Waals surface area contributed by atoms with Crippen LogP contribution in [0.5, 0.6) is 0 Å². The second-order valence-electron chi connectivity index (χ2n) is 4.80. The van der Waals surface area contributed by atoms with E-state index in [1.54, 1.807) is 24.4 Å². The Hall–Kier alpha value is -2.70. The lowest BCUT2D eigenvalue weighted by Crippen LogP contribution is -2.40. The van der Waals surface area contributed by atoms with E-state index in [1.807, 2.05) is 6.92 Å². The normalized spacial score (nSPS) is 11.9. The van der Waals surface area contributed by atoms with Crippen LogP contribution >= 0.6 is 0 Å². The number of aromatic nitrogens is 2. The molecule has 0 bridgehead atoms. The van der Waals surface area contributed by atoms with Gasteiger partial charge in [0, 0.05) is 12.3 Å². The third-order valence-corrected chi connectivity index (χ3v) is 3.11. The number of nitrogens with one attached hydrogen (secondary N) is 1. The van der Waals surface area contributed by atoms with E-state index in [4.69, 9.17) is 9.63 Å². The van der Waals surface area contributed by atoms with Crippen molar-refractivity contribution in [2.45, 2.75) is 32.2 Å². The molecule has 22 heavy (non-hydrogen) atoms. The molecule has 2 rings (SSSR count). The quantitative estimate of drug-likeness (QED) is 0.811. The van der Waals surface area contributed by atoms with Crippen LogP contribution in [0.4, 0.5) is 0 Å². The fraction of sp³-hybridized carbons (Fsp3) is 0.333. The lowest BCUT2D eigenvalue weighted by Gasteiger charge is -2.12. The molecule has 1 atom stereocenters. The van der Waals surface area contributed by atoms with E-state index < -0.39 is 17.9 Å². The summed E-state index contributed by atoms with van der Waals surface area (Å²) in [5, 5.41) is 15.3. The number of amides is 1. The molecular weight excluding hydrogens is 286 g/mol. The van der Waals surface area contributed by atoms with Crippen molar-refractivity contribution in [1.29, 1.82) is 0 Å². The van der Waals surface area contributed by atoms with Crippen LogP contribution in [-0.4, -0.2) is 33.2 Å². The molecule has 0 spiro atoms. The molecule has 0 aliphatic rings. The first-order chi connectivity index (χ1) is 10.6. The maximum Gasteiger partial charge on any atom is 0.326 e. The van der Waals surface area contributed by atoms with Crippen molar-refractivity contribution in [2.24, 2.45) is 0 Å². The van der Waals surface area contributed by atoms with E-state index in [0.29, 0.717) is 24.2 Å². The van der Waals surface area contributed by atoms with Crippen LogP contribution in [0, 0.1) is 0 Å². The second kappa shape index (κ2) is 7.35. The van der Waals surface area contributed by atoms with Crippen molar-refractivity contribution in [1.82, 2.24) is 15.5 Å². The molecule has 2 heterocycles. The number of hydrogen-bond donors (Lipinski definition) is 2.